The quantitative estimate of drug-likeness (QED) is 0.617. The lowest BCUT2D eigenvalue weighted by Gasteiger charge is -2.12. The Hall–Kier alpha value is -2.61. The molecule has 0 amide bonds. The average Bonchev–Trinajstić information content (AvgIpc) is 2.47. The van der Waals surface area contributed by atoms with E-state index >= 15 is 0 Å². The van der Waals surface area contributed by atoms with Crippen LogP contribution in [0.4, 0.5) is 11.9 Å². The van der Waals surface area contributed by atoms with E-state index in [1.807, 2.05) is 26.2 Å². The molecule has 8 nitrogen and oxygen atoms in total. The third kappa shape index (κ3) is 3.23. The van der Waals surface area contributed by atoms with Crippen molar-refractivity contribution < 1.29 is 9.47 Å². The van der Waals surface area contributed by atoms with Gasteiger partial charge < -0.3 is 14.4 Å². The van der Waals surface area contributed by atoms with E-state index in [1.54, 1.807) is 24.1 Å². The average molecular weight is 276 g/mol. The standard InChI is InChI=1S/C12H16N6O2/c1-18(2)11-14-10(17-13)15-12(16-11)20-9-6-4-5-8(7-9)19-3/h4-7H,13H2,1-3H3,(H,14,15,16,17). The Morgan fingerprint density at radius 3 is 2.55 bits per heavy atom. The van der Waals surface area contributed by atoms with Crippen LogP contribution in [0.1, 0.15) is 0 Å². The number of hydrogen-bond donors (Lipinski definition) is 2. The van der Waals surface area contributed by atoms with E-state index in [0.717, 1.165) is 0 Å². The number of hydrazine groups is 1. The molecule has 0 spiro atoms. The fourth-order valence-electron chi connectivity index (χ4n) is 1.43. The van der Waals surface area contributed by atoms with Gasteiger partial charge in [-0.15, -0.1) is 0 Å². The molecule has 0 aliphatic heterocycles. The highest BCUT2D eigenvalue weighted by Crippen LogP contribution is 2.24. The van der Waals surface area contributed by atoms with Gasteiger partial charge in [-0.1, -0.05) is 6.07 Å². The van der Waals surface area contributed by atoms with Gasteiger partial charge in [0.05, 0.1) is 7.11 Å². The Morgan fingerprint density at radius 1 is 1.15 bits per heavy atom. The second-order valence-corrected chi connectivity index (χ2v) is 4.06. The molecule has 1 aromatic heterocycles. The zero-order chi connectivity index (χ0) is 14.5. The van der Waals surface area contributed by atoms with E-state index < -0.39 is 0 Å². The summed E-state index contributed by atoms with van der Waals surface area (Å²) in [4.78, 5) is 14.0. The summed E-state index contributed by atoms with van der Waals surface area (Å²) in [5.74, 6) is 7.23. The normalized spacial score (nSPS) is 10.0. The third-order valence-corrected chi connectivity index (χ3v) is 2.38. The van der Waals surface area contributed by atoms with E-state index in [-0.39, 0.29) is 12.0 Å². The monoisotopic (exact) mass is 276 g/mol. The molecule has 0 saturated heterocycles. The smallest absolute Gasteiger partial charge is 0.328 e. The molecule has 20 heavy (non-hydrogen) atoms. The first-order valence-corrected chi connectivity index (χ1v) is 5.84. The molecule has 0 saturated carbocycles. The van der Waals surface area contributed by atoms with Crippen molar-refractivity contribution in [1.29, 1.82) is 0 Å². The van der Waals surface area contributed by atoms with Gasteiger partial charge in [0.2, 0.25) is 11.9 Å². The SMILES string of the molecule is COc1cccc(Oc2nc(NN)nc(N(C)C)n2)c1. The Balaban J connectivity index is 2.29. The van der Waals surface area contributed by atoms with E-state index in [4.69, 9.17) is 15.3 Å². The molecule has 0 fully saturated rings. The predicted molar refractivity (Wildman–Crippen MR) is 75.0 cm³/mol. The molecule has 0 radical (unpaired) electrons. The van der Waals surface area contributed by atoms with Gasteiger partial charge in [-0.25, -0.2) is 5.84 Å². The van der Waals surface area contributed by atoms with E-state index in [2.05, 4.69) is 20.4 Å². The lowest BCUT2D eigenvalue weighted by molar-refractivity contribution is 0.404. The van der Waals surface area contributed by atoms with Crippen LogP contribution in [-0.2, 0) is 0 Å². The number of nitrogens with two attached hydrogens (primary N) is 1. The number of rotatable bonds is 5. The zero-order valence-corrected chi connectivity index (χ0v) is 11.5. The molecule has 2 aromatic rings. The molecule has 0 atom stereocenters. The van der Waals surface area contributed by atoms with Crippen LogP contribution in [0, 0.1) is 0 Å². The number of aromatic nitrogens is 3. The lowest BCUT2D eigenvalue weighted by atomic mass is 10.3. The molecule has 1 heterocycles. The molecule has 0 aliphatic carbocycles. The second kappa shape index (κ2) is 6.02. The summed E-state index contributed by atoms with van der Waals surface area (Å²) in [6.07, 6.45) is 0. The first kappa shape index (κ1) is 13.8. The molecule has 8 heteroatoms. The van der Waals surface area contributed by atoms with E-state index in [1.165, 1.54) is 0 Å². The fraction of sp³-hybridized carbons (Fsp3) is 0.250. The minimum Gasteiger partial charge on any atom is -0.497 e. The van der Waals surface area contributed by atoms with Crippen molar-refractivity contribution in [3.05, 3.63) is 24.3 Å². The maximum Gasteiger partial charge on any atom is 0.328 e. The molecule has 106 valence electrons. The molecule has 0 aliphatic rings. The third-order valence-electron chi connectivity index (χ3n) is 2.38. The largest absolute Gasteiger partial charge is 0.497 e. The molecule has 1 aromatic carbocycles. The maximum atomic E-state index is 5.59. The first-order chi connectivity index (χ1) is 9.62. The topological polar surface area (TPSA) is 98.4 Å². The van der Waals surface area contributed by atoms with Crippen molar-refractivity contribution >= 4 is 11.9 Å². The number of methoxy groups -OCH3 is 1. The Morgan fingerprint density at radius 2 is 1.90 bits per heavy atom. The Kier molecular flexibility index (Phi) is 4.16. The van der Waals surface area contributed by atoms with Crippen LogP contribution >= 0.6 is 0 Å². The van der Waals surface area contributed by atoms with Gasteiger partial charge in [-0.2, -0.15) is 15.0 Å². The van der Waals surface area contributed by atoms with Gasteiger partial charge >= 0.3 is 6.01 Å². The summed E-state index contributed by atoms with van der Waals surface area (Å²) in [7, 11) is 5.21. The highest BCUT2D eigenvalue weighted by Gasteiger charge is 2.09. The summed E-state index contributed by atoms with van der Waals surface area (Å²) in [5, 5.41) is 0. The lowest BCUT2D eigenvalue weighted by Crippen LogP contribution is -2.17. The van der Waals surface area contributed by atoms with Crippen molar-refractivity contribution in [3.8, 4) is 17.5 Å². The van der Waals surface area contributed by atoms with Gasteiger partial charge in [-0.05, 0) is 12.1 Å². The summed E-state index contributed by atoms with van der Waals surface area (Å²) in [5.41, 5.74) is 2.38. The van der Waals surface area contributed by atoms with Crippen LogP contribution in [0.2, 0.25) is 0 Å². The van der Waals surface area contributed by atoms with Crippen LogP contribution < -0.4 is 25.6 Å². The van der Waals surface area contributed by atoms with Gasteiger partial charge in [0.15, 0.2) is 0 Å². The van der Waals surface area contributed by atoms with Crippen LogP contribution in [0.5, 0.6) is 17.5 Å². The van der Waals surface area contributed by atoms with Crippen molar-refractivity contribution in [1.82, 2.24) is 15.0 Å². The number of nitrogens with zero attached hydrogens (tertiary/aromatic N) is 4. The summed E-state index contributed by atoms with van der Waals surface area (Å²) < 4.78 is 10.7. The number of nitrogen functional groups attached to an aromatic ring is 1. The highest BCUT2D eigenvalue weighted by atomic mass is 16.5. The highest BCUT2D eigenvalue weighted by molar-refractivity contribution is 5.38. The molecule has 0 bridgehead atoms. The van der Waals surface area contributed by atoms with Gasteiger partial charge in [0.1, 0.15) is 11.5 Å². The zero-order valence-electron chi connectivity index (χ0n) is 11.5. The van der Waals surface area contributed by atoms with Gasteiger partial charge in [-0.3, -0.25) is 5.43 Å². The molecular formula is C12H16N6O2. The summed E-state index contributed by atoms with van der Waals surface area (Å²) >= 11 is 0. The Bertz CT molecular complexity index is 590. The molecule has 0 unspecified atom stereocenters. The number of hydrogen-bond acceptors (Lipinski definition) is 8. The summed E-state index contributed by atoms with van der Waals surface area (Å²) in [6, 6.07) is 7.28. The van der Waals surface area contributed by atoms with Crippen molar-refractivity contribution in [2.45, 2.75) is 0 Å². The molecule has 3 N–H and O–H groups in total. The summed E-state index contributed by atoms with van der Waals surface area (Å²) in [6.45, 7) is 0. The maximum absolute atomic E-state index is 5.59. The van der Waals surface area contributed by atoms with Crippen LogP contribution in [-0.4, -0.2) is 36.2 Å². The van der Waals surface area contributed by atoms with E-state index in [0.29, 0.717) is 17.4 Å². The van der Waals surface area contributed by atoms with Crippen LogP contribution in [0.15, 0.2) is 24.3 Å². The number of ether oxygens (including phenoxy) is 2. The van der Waals surface area contributed by atoms with Gasteiger partial charge in [0.25, 0.3) is 0 Å². The number of benzene rings is 1. The first-order valence-electron chi connectivity index (χ1n) is 5.84. The number of anilines is 2. The number of nitrogens with one attached hydrogen (secondary N) is 1. The molecular weight excluding hydrogens is 260 g/mol. The van der Waals surface area contributed by atoms with Crippen LogP contribution in [0.3, 0.4) is 0 Å². The van der Waals surface area contributed by atoms with Crippen molar-refractivity contribution in [2.24, 2.45) is 5.84 Å². The van der Waals surface area contributed by atoms with Gasteiger partial charge in [0, 0.05) is 20.2 Å². The van der Waals surface area contributed by atoms with Crippen molar-refractivity contribution in [3.63, 3.8) is 0 Å². The minimum atomic E-state index is 0.143. The second-order valence-electron chi connectivity index (χ2n) is 4.06. The fourth-order valence-corrected chi connectivity index (χ4v) is 1.43. The predicted octanol–water partition coefficient (Wildman–Crippen LogP) is 1.02. The van der Waals surface area contributed by atoms with Crippen molar-refractivity contribution in [2.75, 3.05) is 31.5 Å². The minimum absolute atomic E-state index is 0.143. The molecule has 2 rings (SSSR count). The Labute approximate surface area is 116 Å². The van der Waals surface area contributed by atoms with E-state index in [9.17, 15) is 0 Å². The van der Waals surface area contributed by atoms with Crippen LogP contribution in [0.25, 0.3) is 0 Å².